The minimum atomic E-state index is -1.19. The van der Waals surface area contributed by atoms with Crippen molar-refractivity contribution in [2.24, 2.45) is 0 Å². The van der Waals surface area contributed by atoms with Crippen LogP contribution in [0.25, 0.3) is 0 Å². The lowest BCUT2D eigenvalue weighted by Gasteiger charge is -2.19. The Kier molecular flexibility index (Phi) is 4.23. The maximum absolute atomic E-state index is 12.2. The molecule has 0 fully saturated rings. The van der Waals surface area contributed by atoms with Gasteiger partial charge in [-0.1, -0.05) is 11.6 Å². The van der Waals surface area contributed by atoms with Gasteiger partial charge < -0.3 is 10.4 Å². The highest BCUT2D eigenvalue weighted by molar-refractivity contribution is 6.31. The van der Waals surface area contributed by atoms with E-state index in [1.54, 1.807) is 18.2 Å². The summed E-state index contributed by atoms with van der Waals surface area (Å²) in [6.45, 7) is 4.86. The number of anilines is 1. The summed E-state index contributed by atoms with van der Waals surface area (Å²) in [5, 5.41) is 16.4. The Morgan fingerprint density at radius 3 is 2.64 bits per heavy atom. The number of carbonyl (C=O) groups excluding carboxylic acids is 1. The molecule has 0 saturated heterocycles. The van der Waals surface area contributed by atoms with E-state index in [0.29, 0.717) is 16.3 Å². The Morgan fingerprint density at radius 2 is 2.05 bits per heavy atom. The number of amides is 1. The van der Waals surface area contributed by atoms with Crippen molar-refractivity contribution in [1.29, 1.82) is 0 Å². The summed E-state index contributed by atoms with van der Waals surface area (Å²) >= 11 is 5.93. The molecule has 0 atom stereocenters. The minimum Gasteiger partial charge on any atom is -0.479 e. The predicted octanol–water partition coefficient (Wildman–Crippen LogP) is 2.92. The number of halogens is 1. The average Bonchev–Trinajstić information content (AvgIpc) is 2.90. The second-order valence-electron chi connectivity index (χ2n) is 5.46. The third-order valence-electron chi connectivity index (χ3n) is 3.36. The van der Waals surface area contributed by atoms with Crippen LogP contribution >= 0.6 is 11.6 Å². The minimum absolute atomic E-state index is 0.313. The Hall–Kier alpha value is -2.34. The summed E-state index contributed by atoms with van der Waals surface area (Å²) in [6.07, 6.45) is 2.89. The highest BCUT2D eigenvalue weighted by Gasteiger charge is 2.30. The van der Waals surface area contributed by atoms with E-state index in [4.69, 9.17) is 16.7 Å². The Morgan fingerprint density at radius 1 is 1.36 bits per heavy atom. The molecule has 0 aliphatic rings. The molecule has 7 heteroatoms. The molecule has 2 aromatic rings. The summed E-state index contributed by atoms with van der Waals surface area (Å²) in [5.41, 5.74) is 0.496. The summed E-state index contributed by atoms with van der Waals surface area (Å²) in [5.74, 6) is -1.32. The third kappa shape index (κ3) is 3.12. The van der Waals surface area contributed by atoms with Crippen LogP contribution in [0.2, 0.25) is 5.02 Å². The molecular formula is C15H16ClN3O3. The van der Waals surface area contributed by atoms with Gasteiger partial charge in [0.25, 0.3) is 5.91 Å². The van der Waals surface area contributed by atoms with Crippen LogP contribution in [0.5, 0.6) is 0 Å². The second kappa shape index (κ2) is 5.81. The van der Waals surface area contributed by atoms with Crippen molar-refractivity contribution in [2.75, 3.05) is 5.32 Å². The van der Waals surface area contributed by atoms with Gasteiger partial charge in [0.1, 0.15) is 0 Å². The predicted molar refractivity (Wildman–Crippen MR) is 83.3 cm³/mol. The molecule has 0 spiro atoms. The lowest BCUT2D eigenvalue weighted by atomic mass is 10.1. The molecule has 1 heterocycles. The number of rotatable bonds is 4. The number of carbonyl (C=O) groups is 2. The number of hydrogen-bond donors (Lipinski definition) is 2. The van der Waals surface area contributed by atoms with Gasteiger partial charge in [0.15, 0.2) is 5.54 Å². The van der Waals surface area contributed by atoms with E-state index in [9.17, 15) is 9.59 Å². The Balaban J connectivity index is 2.18. The Labute approximate surface area is 132 Å². The molecule has 116 valence electrons. The van der Waals surface area contributed by atoms with Crippen molar-refractivity contribution in [3.63, 3.8) is 0 Å². The van der Waals surface area contributed by atoms with Crippen molar-refractivity contribution >= 4 is 29.2 Å². The van der Waals surface area contributed by atoms with Crippen LogP contribution in [0, 0.1) is 6.92 Å². The number of carboxylic acid groups (broad SMARTS) is 1. The van der Waals surface area contributed by atoms with Crippen molar-refractivity contribution in [2.45, 2.75) is 26.3 Å². The van der Waals surface area contributed by atoms with Crippen molar-refractivity contribution in [3.05, 3.63) is 46.7 Å². The van der Waals surface area contributed by atoms with Crippen LogP contribution in [0.15, 0.2) is 30.6 Å². The SMILES string of the molecule is Cc1cc(C(=O)Nc2cnn(C(C)(C)C(=O)O)c2)ccc1Cl. The standard InChI is InChI=1S/C15H16ClN3O3/c1-9-6-10(4-5-12(9)16)13(20)18-11-7-17-19(8-11)15(2,3)14(21)22/h4-8H,1-3H3,(H,18,20)(H,21,22). The van der Waals surface area contributed by atoms with E-state index in [0.717, 1.165) is 5.56 Å². The zero-order chi connectivity index (χ0) is 16.5. The van der Waals surface area contributed by atoms with Crippen LogP contribution in [0.4, 0.5) is 5.69 Å². The molecule has 0 unspecified atom stereocenters. The fourth-order valence-corrected chi connectivity index (χ4v) is 1.90. The van der Waals surface area contributed by atoms with Gasteiger partial charge in [-0.05, 0) is 44.5 Å². The molecule has 0 aliphatic heterocycles. The lowest BCUT2D eigenvalue weighted by molar-refractivity contribution is -0.146. The molecule has 0 radical (unpaired) electrons. The zero-order valence-electron chi connectivity index (χ0n) is 12.4. The first-order chi connectivity index (χ1) is 10.2. The largest absolute Gasteiger partial charge is 0.479 e. The number of benzene rings is 1. The van der Waals surface area contributed by atoms with E-state index < -0.39 is 11.5 Å². The molecule has 1 aromatic heterocycles. The second-order valence-corrected chi connectivity index (χ2v) is 5.86. The van der Waals surface area contributed by atoms with Gasteiger partial charge in [0, 0.05) is 16.8 Å². The molecule has 0 saturated carbocycles. The molecule has 6 nitrogen and oxygen atoms in total. The Bertz CT molecular complexity index is 737. The highest BCUT2D eigenvalue weighted by atomic mass is 35.5. The van der Waals surface area contributed by atoms with Gasteiger partial charge in [-0.2, -0.15) is 5.10 Å². The van der Waals surface area contributed by atoms with E-state index >= 15 is 0 Å². The van der Waals surface area contributed by atoms with E-state index in [-0.39, 0.29) is 5.91 Å². The first kappa shape index (κ1) is 16.0. The van der Waals surface area contributed by atoms with Crippen molar-refractivity contribution in [1.82, 2.24) is 9.78 Å². The first-order valence-corrected chi connectivity index (χ1v) is 6.95. The van der Waals surface area contributed by atoms with E-state index in [2.05, 4.69) is 10.4 Å². The molecular weight excluding hydrogens is 306 g/mol. The van der Waals surface area contributed by atoms with Gasteiger partial charge in [0.05, 0.1) is 11.9 Å². The van der Waals surface area contributed by atoms with Crippen LogP contribution in [0.1, 0.15) is 29.8 Å². The monoisotopic (exact) mass is 321 g/mol. The number of nitrogens with one attached hydrogen (secondary N) is 1. The molecule has 2 rings (SSSR count). The number of hydrogen-bond acceptors (Lipinski definition) is 3. The van der Waals surface area contributed by atoms with E-state index in [1.807, 2.05) is 6.92 Å². The lowest BCUT2D eigenvalue weighted by Crippen LogP contribution is -2.35. The maximum Gasteiger partial charge on any atom is 0.331 e. The summed E-state index contributed by atoms with van der Waals surface area (Å²) in [4.78, 5) is 23.3. The highest BCUT2D eigenvalue weighted by Crippen LogP contribution is 2.19. The van der Waals surface area contributed by atoms with Crippen LogP contribution in [-0.4, -0.2) is 26.8 Å². The molecule has 0 bridgehead atoms. The van der Waals surface area contributed by atoms with Crippen molar-refractivity contribution < 1.29 is 14.7 Å². The van der Waals surface area contributed by atoms with Gasteiger partial charge >= 0.3 is 5.97 Å². The van der Waals surface area contributed by atoms with Gasteiger partial charge in [-0.15, -0.1) is 0 Å². The van der Waals surface area contributed by atoms with E-state index in [1.165, 1.54) is 30.9 Å². The normalized spacial score (nSPS) is 11.3. The first-order valence-electron chi connectivity index (χ1n) is 6.58. The third-order valence-corrected chi connectivity index (χ3v) is 3.78. The average molecular weight is 322 g/mol. The smallest absolute Gasteiger partial charge is 0.331 e. The van der Waals surface area contributed by atoms with Crippen molar-refractivity contribution in [3.8, 4) is 0 Å². The maximum atomic E-state index is 12.2. The fourth-order valence-electron chi connectivity index (χ4n) is 1.78. The van der Waals surface area contributed by atoms with Gasteiger partial charge in [0.2, 0.25) is 0 Å². The summed E-state index contributed by atoms with van der Waals surface area (Å²) in [6, 6.07) is 4.96. The number of nitrogens with zero attached hydrogens (tertiary/aromatic N) is 2. The zero-order valence-corrected chi connectivity index (χ0v) is 13.2. The molecule has 1 aromatic carbocycles. The van der Waals surface area contributed by atoms with Crippen LogP contribution < -0.4 is 5.32 Å². The molecule has 2 N–H and O–H groups in total. The van der Waals surface area contributed by atoms with Crippen LogP contribution in [-0.2, 0) is 10.3 Å². The quantitative estimate of drug-likeness (QED) is 0.906. The van der Waals surface area contributed by atoms with Crippen LogP contribution in [0.3, 0.4) is 0 Å². The molecule has 1 amide bonds. The number of aliphatic carboxylic acids is 1. The topological polar surface area (TPSA) is 84.2 Å². The molecule has 0 aliphatic carbocycles. The molecule has 22 heavy (non-hydrogen) atoms. The summed E-state index contributed by atoms with van der Waals surface area (Å²) in [7, 11) is 0. The number of aryl methyl sites for hydroxylation is 1. The number of carboxylic acids is 1. The summed E-state index contributed by atoms with van der Waals surface area (Å²) < 4.78 is 1.29. The van der Waals surface area contributed by atoms with Gasteiger partial charge in [-0.3, -0.25) is 9.48 Å². The fraction of sp³-hybridized carbons (Fsp3) is 0.267. The van der Waals surface area contributed by atoms with Gasteiger partial charge in [-0.25, -0.2) is 4.79 Å². The number of aromatic nitrogens is 2.